The lowest BCUT2D eigenvalue weighted by atomic mass is 10.3. The van der Waals surface area contributed by atoms with Crippen LogP contribution in [0.4, 0.5) is 5.69 Å². The number of aldehydes is 1. The van der Waals surface area contributed by atoms with Gasteiger partial charge >= 0.3 is 5.69 Å². The number of carbonyl (C=O) groups is 1. The summed E-state index contributed by atoms with van der Waals surface area (Å²) in [5.74, 6) is 0. The van der Waals surface area contributed by atoms with Crippen LogP contribution in [-0.4, -0.2) is 21.0 Å². The fourth-order valence-corrected chi connectivity index (χ4v) is 0.919. The molecule has 0 aliphatic heterocycles. The monoisotopic (exact) mass is 169 g/mol. The smallest absolute Gasteiger partial charge is 0.303 e. The second-order valence-corrected chi connectivity index (χ2v) is 2.23. The average Bonchev–Trinajstić information content (AvgIpc) is 2.34. The molecule has 1 aromatic heterocycles. The fraction of sp³-hybridized carbons (Fsp3) is 0.333. The molecule has 0 saturated carbocycles. The average molecular weight is 169 g/mol. The molecule has 1 aromatic rings. The van der Waals surface area contributed by atoms with Crippen LogP contribution in [0.5, 0.6) is 0 Å². The van der Waals surface area contributed by atoms with Crippen molar-refractivity contribution in [1.82, 2.24) is 9.78 Å². The largest absolute Gasteiger partial charge is 0.310 e. The van der Waals surface area contributed by atoms with Gasteiger partial charge in [0.2, 0.25) is 0 Å². The van der Waals surface area contributed by atoms with Gasteiger partial charge in [-0.1, -0.05) is 0 Å². The van der Waals surface area contributed by atoms with E-state index in [9.17, 15) is 14.9 Å². The standard InChI is InChI=1S/C6H7N3O3/c1-8-5(2-3-10)6(4-7-8)9(11)12/h3-4H,2H2,1H3. The van der Waals surface area contributed by atoms with Crippen molar-refractivity contribution < 1.29 is 9.72 Å². The first-order valence-corrected chi connectivity index (χ1v) is 3.25. The van der Waals surface area contributed by atoms with Crippen molar-refractivity contribution in [3.05, 3.63) is 22.0 Å². The topological polar surface area (TPSA) is 78.0 Å². The van der Waals surface area contributed by atoms with E-state index in [1.165, 1.54) is 4.68 Å². The fourth-order valence-electron chi connectivity index (χ4n) is 0.919. The Balaban J connectivity index is 3.11. The van der Waals surface area contributed by atoms with Crippen LogP contribution in [0.3, 0.4) is 0 Å². The quantitative estimate of drug-likeness (QED) is 0.364. The van der Waals surface area contributed by atoms with E-state index in [2.05, 4.69) is 5.10 Å². The van der Waals surface area contributed by atoms with Gasteiger partial charge in [-0.05, 0) is 0 Å². The summed E-state index contributed by atoms with van der Waals surface area (Å²) < 4.78 is 1.33. The van der Waals surface area contributed by atoms with E-state index in [0.717, 1.165) is 6.20 Å². The summed E-state index contributed by atoms with van der Waals surface area (Å²) in [5.41, 5.74) is 0.222. The highest BCUT2D eigenvalue weighted by molar-refractivity contribution is 5.57. The number of aryl methyl sites for hydroxylation is 1. The number of rotatable bonds is 3. The molecule has 0 aromatic carbocycles. The molecule has 0 atom stereocenters. The van der Waals surface area contributed by atoms with E-state index in [1.807, 2.05) is 0 Å². The van der Waals surface area contributed by atoms with Crippen molar-refractivity contribution in [2.24, 2.45) is 7.05 Å². The van der Waals surface area contributed by atoms with Crippen molar-refractivity contribution in [2.75, 3.05) is 0 Å². The molecule has 1 rings (SSSR count). The predicted octanol–water partition coefficient (Wildman–Crippen LogP) is 0.0697. The SMILES string of the molecule is Cn1ncc([N+](=O)[O-])c1CC=O. The molecule has 0 amide bonds. The van der Waals surface area contributed by atoms with Crippen LogP contribution in [0.25, 0.3) is 0 Å². The molecule has 0 aliphatic carbocycles. The maximum Gasteiger partial charge on any atom is 0.310 e. The number of hydrogen-bond acceptors (Lipinski definition) is 4. The zero-order valence-corrected chi connectivity index (χ0v) is 6.43. The van der Waals surface area contributed by atoms with E-state index < -0.39 is 4.92 Å². The van der Waals surface area contributed by atoms with Gasteiger partial charge < -0.3 is 4.79 Å². The summed E-state index contributed by atoms with van der Waals surface area (Å²) >= 11 is 0. The first kappa shape index (κ1) is 8.38. The van der Waals surface area contributed by atoms with Gasteiger partial charge in [-0.15, -0.1) is 0 Å². The highest BCUT2D eigenvalue weighted by atomic mass is 16.6. The molecule has 0 spiro atoms. The Morgan fingerprint density at radius 2 is 2.50 bits per heavy atom. The Hall–Kier alpha value is -1.72. The number of nitro groups is 1. The lowest BCUT2D eigenvalue weighted by Crippen LogP contribution is -2.01. The summed E-state index contributed by atoms with van der Waals surface area (Å²) in [6.45, 7) is 0. The number of nitrogens with zero attached hydrogens (tertiary/aromatic N) is 3. The third-order valence-corrected chi connectivity index (χ3v) is 1.51. The minimum atomic E-state index is -0.550. The summed E-state index contributed by atoms with van der Waals surface area (Å²) in [4.78, 5) is 19.9. The van der Waals surface area contributed by atoms with E-state index in [0.29, 0.717) is 12.0 Å². The van der Waals surface area contributed by atoms with E-state index in [-0.39, 0.29) is 12.1 Å². The third-order valence-electron chi connectivity index (χ3n) is 1.51. The zero-order valence-electron chi connectivity index (χ0n) is 6.43. The van der Waals surface area contributed by atoms with E-state index >= 15 is 0 Å². The summed E-state index contributed by atoms with van der Waals surface area (Å²) in [7, 11) is 1.56. The van der Waals surface area contributed by atoms with Gasteiger partial charge in [-0.3, -0.25) is 14.8 Å². The molecule has 12 heavy (non-hydrogen) atoms. The Bertz CT molecular complexity index is 318. The Morgan fingerprint density at radius 1 is 1.83 bits per heavy atom. The van der Waals surface area contributed by atoms with Crippen molar-refractivity contribution in [1.29, 1.82) is 0 Å². The Labute approximate surface area is 67.9 Å². The van der Waals surface area contributed by atoms with Crippen molar-refractivity contribution in [2.45, 2.75) is 6.42 Å². The van der Waals surface area contributed by atoms with Crippen molar-refractivity contribution in [3.8, 4) is 0 Å². The van der Waals surface area contributed by atoms with Gasteiger partial charge in [0.05, 0.1) is 11.3 Å². The molecule has 6 heteroatoms. The molecule has 0 saturated heterocycles. The third kappa shape index (κ3) is 1.31. The molecule has 0 radical (unpaired) electrons. The minimum absolute atomic E-state index is 0.0206. The first-order valence-electron chi connectivity index (χ1n) is 3.25. The number of carbonyl (C=O) groups excluding carboxylic acids is 1. The molecule has 0 fully saturated rings. The first-order chi connectivity index (χ1) is 5.66. The molecular formula is C6H7N3O3. The molecule has 64 valence electrons. The van der Waals surface area contributed by atoms with Gasteiger partial charge in [0.25, 0.3) is 0 Å². The molecule has 0 N–H and O–H groups in total. The molecule has 0 unspecified atom stereocenters. The van der Waals surface area contributed by atoms with E-state index in [4.69, 9.17) is 0 Å². The Kier molecular flexibility index (Phi) is 2.18. The molecule has 1 heterocycles. The maximum atomic E-state index is 10.3. The molecule has 0 bridgehead atoms. The predicted molar refractivity (Wildman–Crippen MR) is 39.6 cm³/mol. The second kappa shape index (κ2) is 3.12. The Morgan fingerprint density at radius 3 is 3.00 bits per heavy atom. The van der Waals surface area contributed by atoms with Gasteiger partial charge in [0.15, 0.2) is 0 Å². The summed E-state index contributed by atoms with van der Waals surface area (Å²) in [6.07, 6.45) is 1.77. The molecule has 6 nitrogen and oxygen atoms in total. The maximum absolute atomic E-state index is 10.3. The van der Waals surface area contributed by atoms with Crippen LogP contribution in [0.1, 0.15) is 5.69 Å². The van der Waals surface area contributed by atoms with Gasteiger partial charge in [0.1, 0.15) is 18.2 Å². The highest BCUT2D eigenvalue weighted by Gasteiger charge is 2.17. The van der Waals surface area contributed by atoms with Crippen LogP contribution >= 0.6 is 0 Å². The lowest BCUT2D eigenvalue weighted by molar-refractivity contribution is -0.385. The lowest BCUT2D eigenvalue weighted by Gasteiger charge is -1.94. The van der Waals surface area contributed by atoms with Crippen LogP contribution in [0, 0.1) is 10.1 Å². The van der Waals surface area contributed by atoms with Crippen molar-refractivity contribution >= 4 is 12.0 Å². The van der Waals surface area contributed by atoms with Gasteiger partial charge in [-0.2, -0.15) is 5.10 Å². The normalized spacial score (nSPS) is 9.75. The molecular weight excluding hydrogens is 162 g/mol. The summed E-state index contributed by atoms with van der Waals surface area (Å²) in [6, 6.07) is 0. The van der Waals surface area contributed by atoms with Gasteiger partial charge in [-0.25, -0.2) is 0 Å². The molecule has 0 aliphatic rings. The minimum Gasteiger partial charge on any atom is -0.303 e. The van der Waals surface area contributed by atoms with Crippen LogP contribution in [0.15, 0.2) is 6.20 Å². The van der Waals surface area contributed by atoms with E-state index in [1.54, 1.807) is 7.05 Å². The van der Waals surface area contributed by atoms with Crippen LogP contribution in [-0.2, 0) is 18.3 Å². The van der Waals surface area contributed by atoms with Crippen molar-refractivity contribution in [3.63, 3.8) is 0 Å². The number of hydrogen-bond donors (Lipinski definition) is 0. The number of aromatic nitrogens is 2. The second-order valence-electron chi connectivity index (χ2n) is 2.23. The van der Waals surface area contributed by atoms with Crippen LogP contribution < -0.4 is 0 Å². The zero-order chi connectivity index (χ0) is 9.14. The summed E-state index contributed by atoms with van der Waals surface area (Å²) in [5, 5.41) is 14.0. The van der Waals surface area contributed by atoms with Crippen LogP contribution in [0.2, 0.25) is 0 Å². The highest BCUT2D eigenvalue weighted by Crippen LogP contribution is 2.15. The van der Waals surface area contributed by atoms with Gasteiger partial charge in [0, 0.05) is 7.05 Å².